The normalized spacial score (nSPS) is 15.3. The van der Waals surface area contributed by atoms with Gasteiger partial charge < -0.3 is 10.2 Å². The first-order valence-electron chi connectivity index (χ1n) is 8.52. The van der Waals surface area contributed by atoms with Crippen molar-refractivity contribution in [3.8, 4) is 0 Å². The smallest absolute Gasteiger partial charge is 0.241 e. The standard InChI is InChI=1S/C20H23ClN2O/c21-18-7-4-8-19(14-18)22-15-20(24)23-11-9-17(10-12-23)13-16-5-2-1-3-6-16/h1-8,14,17,22H,9-13,15H2. The third-order valence-electron chi connectivity index (χ3n) is 4.60. The molecule has 1 saturated heterocycles. The van der Waals surface area contributed by atoms with Gasteiger partial charge in [-0.05, 0) is 48.9 Å². The van der Waals surface area contributed by atoms with Crippen LogP contribution in [0.3, 0.4) is 0 Å². The minimum absolute atomic E-state index is 0.160. The molecule has 126 valence electrons. The van der Waals surface area contributed by atoms with E-state index in [9.17, 15) is 4.79 Å². The van der Waals surface area contributed by atoms with Gasteiger partial charge in [-0.25, -0.2) is 0 Å². The summed E-state index contributed by atoms with van der Waals surface area (Å²) < 4.78 is 0. The van der Waals surface area contributed by atoms with Gasteiger partial charge in [-0.3, -0.25) is 4.79 Å². The van der Waals surface area contributed by atoms with E-state index in [2.05, 4.69) is 35.6 Å². The van der Waals surface area contributed by atoms with E-state index in [-0.39, 0.29) is 5.91 Å². The number of carbonyl (C=O) groups excluding carboxylic acids is 1. The van der Waals surface area contributed by atoms with E-state index in [0.717, 1.165) is 38.0 Å². The molecule has 2 aromatic rings. The van der Waals surface area contributed by atoms with E-state index < -0.39 is 0 Å². The predicted octanol–water partition coefficient (Wildman–Crippen LogP) is 4.23. The van der Waals surface area contributed by atoms with Crippen molar-refractivity contribution in [2.24, 2.45) is 5.92 Å². The van der Waals surface area contributed by atoms with Crippen LogP contribution in [0.2, 0.25) is 5.02 Å². The van der Waals surface area contributed by atoms with E-state index >= 15 is 0 Å². The fourth-order valence-corrected chi connectivity index (χ4v) is 3.41. The average Bonchev–Trinajstić information content (AvgIpc) is 2.61. The SMILES string of the molecule is O=C(CNc1cccc(Cl)c1)N1CCC(Cc2ccccc2)CC1. The van der Waals surface area contributed by atoms with Gasteiger partial charge in [0.05, 0.1) is 6.54 Å². The molecule has 24 heavy (non-hydrogen) atoms. The Hall–Kier alpha value is -2.00. The van der Waals surface area contributed by atoms with Crippen LogP contribution < -0.4 is 5.32 Å². The summed E-state index contributed by atoms with van der Waals surface area (Å²) in [5, 5.41) is 3.83. The highest BCUT2D eigenvalue weighted by Gasteiger charge is 2.22. The third-order valence-corrected chi connectivity index (χ3v) is 4.84. The number of halogens is 1. The Labute approximate surface area is 148 Å². The summed E-state index contributed by atoms with van der Waals surface area (Å²) in [5.41, 5.74) is 2.28. The summed E-state index contributed by atoms with van der Waals surface area (Å²) in [6.45, 7) is 2.03. The van der Waals surface area contributed by atoms with Crippen LogP contribution in [0, 0.1) is 5.92 Å². The maximum absolute atomic E-state index is 12.4. The zero-order valence-corrected chi connectivity index (χ0v) is 14.5. The molecule has 1 aliphatic rings. The first-order chi connectivity index (χ1) is 11.7. The minimum Gasteiger partial charge on any atom is -0.376 e. The molecule has 0 unspecified atom stereocenters. The predicted molar refractivity (Wildman–Crippen MR) is 99.4 cm³/mol. The van der Waals surface area contributed by atoms with Gasteiger partial charge in [0.15, 0.2) is 0 Å². The molecule has 0 atom stereocenters. The highest BCUT2D eigenvalue weighted by atomic mass is 35.5. The Balaban J connectivity index is 1.43. The van der Waals surface area contributed by atoms with E-state index in [1.807, 2.05) is 29.2 Å². The molecular weight excluding hydrogens is 320 g/mol. The minimum atomic E-state index is 0.160. The number of nitrogens with zero attached hydrogens (tertiary/aromatic N) is 1. The molecule has 1 heterocycles. The van der Waals surface area contributed by atoms with Crippen molar-refractivity contribution in [3.63, 3.8) is 0 Å². The van der Waals surface area contributed by atoms with Crippen molar-refractivity contribution in [2.45, 2.75) is 19.3 Å². The Morgan fingerprint density at radius 1 is 1.08 bits per heavy atom. The molecule has 3 nitrogen and oxygen atoms in total. The highest BCUT2D eigenvalue weighted by molar-refractivity contribution is 6.30. The number of likely N-dealkylation sites (tertiary alicyclic amines) is 1. The maximum Gasteiger partial charge on any atom is 0.241 e. The summed E-state index contributed by atoms with van der Waals surface area (Å²) in [6, 6.07) is 18.1. The Morgan fingerprint density at radius 3 is 2.54 bits per heavy atom. The second-order valence-electron chi connectivity index (χ2n) is 6.38. The van der Waals surface area contributed by atoms with Crippen LogP contribution in [-0.4, -0.2) is 30.4 Å². The van der Waals surface area contributed by atoms with Gasteiger partial charge in [0.1, 0.15) is 0 Å². The van der Waals surface area contributed by atoms with Gasteiger partial charge in [-0.1, -0.05) is 48.0 Å². The van der Waals surface area contributed by atoms with E-state index in [0.29, 0.717) is 17.5 Å². The van der Waals surface area contributed by atoms with Gasteiger partial charge in [-0.15, -0.1) is 0 Å². The largest absolute Gasteiger partial charge is 0.376 e. The van der Waals surface area contributed by atoms with Crippen molar-refractivity contribution in [2.75, 3.05) is 25.0 Å². The molecule has 0 bridgehead atoms. The second kappa shape index (κ2) is 8.20. The van der Waals surface area contributed by atoms with Crippen molar-refractivity contribution in [3.05, 3.63) is 65.2 Å². The van der Waals surface area contributed by atoms with Gasteiger partial charge in [-0.2, -0.15) is 0 Å². The number of hydrogen-bond donors (Lipinski definition) is 1. The molecule has 1 N–H and O–H groups in total. The molecule has 1 amide bonds. The quantitative estimate of drug-likeness (QED) is 0.881. The van der Waals surface area contributed by atoms with E-state index in [1.54, 1.807) is 0 Å². The summed E-state index contributed by atoms with van der Waals surface area (Å²) in [5.74, 6) is 0.838. The number of piperidine rings is 1. The number of hydrogen-bond acceptors (Lipinski definition) is 2. The molecule has 4 heteroatoms. The van der Waals surface area contributed by atoms with Crippen molar-refractivity contribution in [1.29, 1.82) is 0 Å². The molecule has 0 radical (unpaired) electrons. The van der Waals surface area contributed by atoms with Gasteiger partial charge in [0.25, 0.3) is 0 Å². The van der Waals surface area contributed by atoms with Crippen LogP contribution in [0.1, 0.15) is 18.4 Å². The fourth-order valence-electron chi connectivity index (χ4n) is 3.22. The Morgan fingerprint density at radius 2 is 1.83 bits per heavy atom. The number of rotatable bonds is 5. The molecule has 0 aliphatic carbocycles. The molecule has 0 spiro atoms. The maximum atomic E-state index is 12.4. The molecule has 2 aromatic carbocycles. The van der Waals surface area contributed by atoms with Gasteiger partial charge in [0.2, 0.25) is 5.91 Å². The lowest BCUT2D eigenvalue weighted by molar-refractivity contribution is -0.130. The lowest BCUT2D eigenvalue weighted by atomic mass is 9.90. The fraction of sp³-hybridized carbons (Fsp3) is 0.350. The van der Waals surface area contributed by atoms with Crippen LogP contribution >= 0.6 is 11.6 Å². The zero-order chi connectivity index (χ0) is 16.8. The summed E-state index contributed by atoms with van der Waals surface area (Å²) >= 11 is 5.96. The van der Waals surface area contributed by atoms with Crippen LogP contribution in [0.4, 0.5) is 5.69 Å². The molecule has 0 aromatic heterocycles. The lowest BCUT2D eigenvalue weighted by Gasteiger charge is -2.32. The van der Waals surface area contributed by atoms with E-state index in [4.69, 9.17) is 11.6 Å². The number of carbonyl (C=O) groups is 1. The number of nitrogens with one attached hydrogen (secondary N) is 1. The molecule has 1 fully saturated rings. The van der Waals surface area contributed by atoms with Crippen LogP contribution in [0.5, 0.6) is 0 Å². The molecular formula is C20H23ClN2O. The zero-order valence-electron chi connectivity index (χ0n) is 13.7. The first-order valence-corrected chi connectivity index (χ1v) is 8.89. The number of benzene rings is 2. The Bertz CT molecular complexity index is 666. The topological polar surface area (TPSA) is 32.3 Å². The lowest BCUT2D eigenvalue weighted by Crippen LogP contribution is -2.41. The van der Waals surface area contributed by atoms with Crippen molar-refractivity contribution < 1.29 is 4.79 Å². The van der Waals surface area contributed by atoms with Crippen LogP contribution in [0.25, 0.3) is 0 Å². The number of anilines is 1. The average molecular weight is 343 g/mol. The third kappa shape index (κ3) is 4.75. The van der Waals surface area contributed by atoms with Crippen LogP contribution in [0.15, 0.2) is 54.6 Å². The molecule has 1 aliphatic heterocycles. The van der Waals surface area contributed by atoms with Gasteiger partial charge >= 0.3 is 0 Å². The monoisotopic (exact) mass is 342 g/mol. The highest BCUT2D eigenvalue weighted by Crippen LogP contribution is 2.22. The van der Waals surface area contributed by atoms with E-state index in [1.165, 1.54) is 5.56 Å². The second-order valence-corrected chi connectivity index (χ2v) is 6.81. The molecule has 0 saturated carbocycles. The number of amides is 1. The summed E-state index contributed by atoms with van der Waals surface area (Å²) in [7, 11) is 0. The summed E-state index contributed by atoms with van der Waals surface area (Å²) in [4.78, 5) is 14.3. The van der Waals surface area contributed by atoms with Crippen molar-refractivity contribution >= 4 is 23.2 Å². The van der Waals surface area contributed by atoms with Crippen molar-refractivity contribution in [1.82, 2.24) is 4.90 Å². The molecule has 3 rings (SSSR count). The van der Waals surface area contributed by atoms with Crippen LogP contribution in [-0.2, 0) is 11.2 Å². The Kier molecular flexibility index (Phi) is 5.76. The van der Waals surface area contributed by atoms with Gasteiger partial charge in [0, 0.05) is 23.8 Å². The summed E-state index contributed by atoms with van der Waals surface area (Å²) in [6.07, 6.45) is 3.28. The first kappa shape index (κ1) is 16.8.